The van der Waals surface area contributed by atoms with Crippen LogP contribution in [0.4, 0.5) is 5.82 Å². The summed E-state index contributed by atoms with van der Waals surface area (Å²) in [6, 6.07) is 9.39. The summed E-state index contributed by atoms with van der Waals surface area (Å²) in [5.41, 5.74) is 1.33. The largest absolute Gasteiger partial charge is 0.494 e. The minimum Gasteiger partial charge on any atom is -0.494 e. The summed E-state index contributed by atoms with van der Waals surface area (Å²) in [5.74, 6) is 1.33. The van der Waals surface area contributed by atoms with E-state index in [-0.39, 0.29) is 5.91 Å². The molecule has 132 valence electrons. The second-order valence-corrected chi connectivity index (χ2v) is 5.62. The molecule has 3 rings (SSSR count). The maximum absolute atomic E-state index is 12.4. The number of rotatable bonds is 6. The van der Waals surface area contributed by atoms with Crippen molar-refractivity contribution < 1.29 is 14.3 Å². The molecule has 1 amide bonds. The van der Waals surface area contributed by atoms with E-state index in [2.05, 4.69) is 20.2 Å². The van der Waals surface area contributed by atoms with E-state index in [4.69, 9.17) is 9.47 Å². The quantitative estimate of drug-likeness (QED) is 0.860. The molecule has 0 spiro atoms. The molecule has 1 saturated heterocycles. The number of amides is 1. The van der Waals surface area contributed by atoms with E-state index in [9.17, 15) is 4.79 Å². The van der Waals surface area contributed by atoms with Crippen molar-refractivity contribution in [3.05, 3.63) is 47.9 Å². The number of carbonyl (C=O) groups excluding carboxylic acids is 1. The van der Waals surface area contributed by atoms with Gasteiger partial charge in [-0.15, -0.1) is 0 Å². The minimum absolute atomic E-state index is 0.223. The van der Waals surface area contributed by atoms with Crippen LogP contribution in [-0.4, -0.2) is 48.8 Å². The van der Waals surface area contributed by atoms with Gasteiger partial charge in [0.2, 0.25) is 0 Å². The van der Waals surface area contributed by atoms with Gasteiger partial charge in [-0.05, 0) is 24.6 Å². The molecule has 0 saturated carbocycles. The summed E-state index contributed by atoms with van der Waals surface area (Å²) < 4.78 is 10.8. The van der Waals surface area contributed by atoms with Gasteiger partial charge in [0.15, 0.2) is 0 Å². The Morgan fingerprint density at radius 1 is 1.28 bits per heavy atom. The van der Waals surface area contributed by atoms with Crippen LogP contribution >= 0.6 is 0 Å². The fourth-order valence-electron chi connectivity index (χ4n) is 2.62. The standard InChI is InChI=1S/C18H22N4O3/c1-2-25-15-5-3-4-14(10-15)12-19-18(23)16-11-17(21-13-20-16)22-6-8-24-9-7-22/h3-5,10-11,13H,2,6-9,12H2,1H3,(H,19,23). The van der Waals surface area contributed by atoms with Crippen molar-refractivity contribution in [3.8, 4) is 5.75 Å². The number of ether oxygens (including phenoxy) is 2. The van der Waals surface area contributed by atoms with Crippen LogP contribution in [0.15, 0.2) is 36.7 Å². The first-order valence-corrected chi connectivity index (χ1v) is 8.41. The molecule has 2 aromatic rings. The first-order chi connectivity index (χ1) is 12.3. The number of hydrogen-bond donors (Lipinski definition) is 1. The Bertz CT molecular complexity index is 717. The van der Waals surface area contributed by atoms with Gasteiger partial charge in [0.05, 0.1) is 19.8 Å². The zero-order chi connectivity index (χ0) is 17.5. The lowest BCUT2D eigenvalue weighted by Crippen LogP contribution is -2.37. The predicted molar refractivity (Wildman–Crippen MR) is 93.8 cm³/mol. The topological polar surface area (TPSA) is 76.6 Å². The average Bonchev–Trinajstić information content (AvgIpc) is 2.67. The molecule has 0 aliphatic carbocycles. The highest BCUT2D eigenvalue weighted by Crippen LogP contribution is 2.14. The van der Waals surface area contributed by atoms with Crippen LogP contribution in [0.2, 0.25) is 0 Å². The predicted octanol–water partition coefficient (Wildman–Crippen LogP) is 1.64. The van der Waals surface area contributed by atoms with Crippen LogP contribution in [0.1, 0.15) is 23.0 Å². The molecular weight excluding hydrogens is 320 g/mol. The maximum atomic E-state index is 12.4. The van der Waals surface area contributed by atoms with Gasteiger partial charge in [0, 0.05) is 25.7 Å². The SMILES string of the molecule is CCOc1cccc(CNC(=O)c2cc(N3CCOCC3)ncn2)c1. The van der Waals surface area contributed by atoms with Crippen LogP contribution in [0.3, 0.4) is 0 Å². The lowest BCUT2D eigenvalue weighted by atomic mass is 10.2. The van der Waals surface area contributed by atoms with Crippen molar-refractivity contribution in [2.45, 2.75) is 13.5 Å². The molecule has 1 aromatic heterocycles. The van der Waals surface area contributed by atoms with E-state index in [1.807, 2.05) is 31.2 Å². The molecular formula is C18H22N4O3. The second kappa shape index (κ2) is 8.43. The number of carbonyl (C=O) groups is 1. The summed E-state index contributed by atoms with van der Waals surface area (Å²) in [7, 11) is 0. The third-order valence-corrected chi connectivity index (χ3v) is 3.88. The van der Waals surface area contributed by atoms with Crippen LogP contribution in [0, 0.1) is 0 Å². The molecule has 1 aromatic carbocycles. The average molecular weight is 342 g/mol. The van der Waals surface area contributed by atoms with Gasteiger partial charge in [0.1, 0.15) is 23.6 Å². The third-order valence-electron chi connectivity index (χ3n) is 3.88. The summed E-state index contributed by atoms with van der Waals surface area (Å²) in [6.07, 6.45) is 1.43. The van der Waals surface area contributed by atoms with E-state index in [0.29, 0.717) is 32.1 Å². The molecule has 1 fully saturated rings. The lowest BCUT2D eigenvalue weighted by Gasteiger charge is -2.27. The fraction of sp³-hybridized carbons (Fsp3) is 0.389. The highest BCUT2D eigenvalue weighted by atomic mass is 16.5. The van der Waals surface area contributed by atoms with Crippen molar-refractivity contribution in [3.63, 3.8) is 0 Å². The molecule has 1 aliphatic rings. The number of anilines is 1. The number of benzene rings is 1. The van der Waals surface area contributed by atoms with Crippen LogP contribution in [0.25, 0.3) is 0 Å². The van der Waals surface area contributed by atoms with E-state index in [1.54, 1.807) is 6.07 Å². The molecule has 7 nitrogen and oxygen atoms in total. The summed E-state index contributed by atoms with van der Waals surface area (Å²) in [6.45, 7) is 5.83. The van der Waals surface area contributed by atoms with Gasteiger partial charge in [-0.25, -0.2) is 9.97 Å². The van der Waals surface area contributed by atoms with Gasteiger partial charge in [-0.2, -0.15) is 0 Å². The maximum Gasteiger partial charge on any atom is 0.270 e. The molecule has 7 heteroatoms. The molecule has 2 heterocycles. The molecule has 0 bridgehead atoms. The highest BCUT2D eigenvalue weighted by molar-refractivity contribution is 5.92. The molecule has 0 radical (unpaired) electrons. The van der Waals surface area contributed by atoms with E-state index in [1.165, 1.54) is 6.33 Å². The van der Waals surface area contributed by atoms with Gasteiger partial charge in [-0.3, -0.25) is 4.79 Å². The van der Waals surface area contributed by atoms with Crippen molar-refractivity contribution in [2.75, 3.05) is 37.8 Å². The van der Waals surface area contributed by atoms with E-state index < -0.39 is 0 Å². The zero-order valence-electron chi connectivity index (χ0n) is 14.3. The van der Waals surface area contributed by atoms with Crippen molar-refractivity contribution in [1.29, 1.82) is 0 Å². The Labute approximate surface area is 147 Å². The van der Waals surface area contributed by atoms with Crippen LogP contribution < -0.4 is 15.0 Å². The first-order valence-electron chi connectivity index (χ1n) is 8.41. The van der Waals surface area contributed by atoms with Crippen molar-refractivity contribution in [2.24, 2.45) is 0 Å². The normalized spacial score (nSPS) is 14.2. The van der Waals surface area contributed by atoms with Gasteiger partial charge in [0.25, 0.3) is 5.91 Å². The molecule has 0 atom stereocenters. The number of hydrogen-bond acceptors (Lipinski definition) is 6. The number of nitrogens with one attached hydrogen (secondary N) is 1. The Morgan fingerprint density at radius 2 is 2.12 bits per heavy atom. The molecule has 25 heavy (non-hydrogen) atoms. The molecule has 1 N–H and O–H groups in total. The number of morpholine rings is 1. The Morgan fingerprint density at radius 3 is 2.92 bits per heavy atom. The third kappa shape index (κ3) is 4.67. The Hall–Kier alpha value is -2.67. The lowest BCUT2D eigenvalue weighted by molar-refractivity contribution is 0.0945. The van der Waals surface area contributed by atoms with Crippen molar-refractivity contribution >= 4 is 11.7 Å². The van der Waals surface area contributed by atoms with Crippen LogP contribution in [-0.2, 0) is 11.3 Å². The van der Waals surface area contributed by atoms with Crippen LogP contribution in [0.5, 0.6) is 5.75 Å². The Kier molecular flexibility index (Phi) is 5.79. The summed E-state index contributed by atoms with van der Waals surface area (Å²) in [5, 5.41) is 2.89. The first kappa shape index (κ1) is 17.2. The summed E-state index contributed by atoms with van der Waals surface area (Å²) in [4.78, 5) is 22.8. The monoisotopic (exact) mass is 342 g/mol. The Balaban J connectivity index is 1.62. The highest BCUT2D eigenvalue weighted by Gasteiger charge is 2.15. The second-order valence-electron chi connectivity index (χ2n) is 5.62. The van der Waals surface area contributed by atoms with Gasteiger partial charge in [-0.1, -0.05) is 12.1 Å². The van der Waals surface area contributed by atoms with E-state index >= 15 is 0 Å². The minimum atomic E-state index is -0.223. The van der Waals surface area contributed by atoms with Gasteiger partial charge >= 0.3 is 0 Å². The van der Waals surface area contributed by atoms with Crippen molar-refractivity contribution in [1.82, 2.24) is 15.3 Å². The smallest absolute Gasteiger partial charge is 0.270 e. The fourth-order valence-corrected chi connectivity index (χ4v) is 2.62. The summed E-state index contributed by atoms with van der Waals surface area (Å²) >= 11 is 0. The molecule has 0 unspecified atom stereocenters. The number of nitrogens with zero attached hydrogens (tertiary/aromatic N) is 3. The van der Waals surface area contributed by atoms with Gasteiger partial charge < -0.3 is 19.7 Å². The number of aromatic nitrogens is 2. The molecule has 1 aliphatic heterocycles. The zero-order valence-corrected chi connectivity index (χ0v) is 14.3. The van der Waals surface area contributed by atoms with E-state index in [0.717, 1.165) is 30.2 Å².